The third-order valence-electron chi connectivity index (χ3n) is 4.55. The van der Waals surface area contributed by atoms with Crippen molar-refractivity contribution in [1.82, 2.24) is 19.7 Å². The number of hydrogen-bond donors (Lipinski definition) is 3. The number of phenolic OH excluding ortho intramolecular Hbond substituents is 1. The highest BCUT2D eigenvalue weighted by Gasteiger charge is 2.18. The second kappa shape index (κ2) is 5.66. The molecule has 2 heterocycles. The topological polar surface area (TPSA) is 92.8 Å². The predicted molar refractivity (Wildman–Crippen MR) is 98.8 cm³/mol. The number of nitrogen functional groups attached to an aromatic ring is 1. The van der Waals surface area contributed by atoms with E-state index in [1.807, 2.05) is 54.9 Å². The van der Waals surface area contributed by atoms with Gasteiger partial charge in [-0.15, -0.1) is 10.2 Å². The van der Waals surface area contributed by atoms with Gasteiger partial charge in [0.2, 0.25) is 5.95 Å². The minimum absolute atomic E-state index is 0.301. The number of benzene rings is 2. The summed E-state index contributed by atoms with van der Waals surface area (Å²) in [6.45, 7) is 3.95. The number of rotatable bonds is 3. The number of aromatic hydroxyl groups is 1. The van der Waals surface area contributed by atoms with Gasteiger partial charge in [-0.2, -0.15) is 0 Å². The van der Waals surface area contributed by atoms with E-state index in [9.17, 15) is 5.11 Å². The van der Waals surface area contributed by atoms with E-state index in [2.05, 4.69) is 15.2 Å². The van der Waals surface area contributed by atoms with Gasteiger partial charge in [0, 0.05) is 22.7 Å². The molecule has 2 aromatic heterocycles. The maximum atomic E-state index is 10.1. The van der Waals surface area contributed by atoms with Crippen LogP contribution in [-0.4, -0.2) is 24.9 Å². The van der Waals surface area contributed by atoms with Crippen LogP contribution in [0.4, 0.5) is 5.95 Å². The normalized spacial score (nSPS) is 11.3. The average Bonchev–Trinajstić information content (AvgIpc) is 3.21. The Morgan fingerprint density at radius 3 is 2.84 bits per heavy atom. The molecule has 0 radical (unpaired) electrons. The summed E-state index contributed by atoms with van der Waals surface area (Å²) in [5.41, 5.74) is 10.8. The molecule has 2 aromatic carbocycles. The fourth-order valence-corrected chi connectivity index (χ4v) is 3.23. The van der Waals surface area contributed by atoms with E-state index in [1.54, 1.807) is 6.07 Å². The highest BCUT2D eigenvalue weighted by molar-refractivity contribution is 5.89. The van der Waals surface area contributed by atoms with Gasteiger partial charge in [0.25, 0.3) is 0 Å². The molecule has 0 saturated carbocycles. The second-order valence-electron chi connectivity index (χ2n) is 6.08. The lowest BCUT2D eigenvalue weighted by atomic mass is 10.0. The molecule has 0 aliphatic heterocycles. The van der Waals surface area contributed by atoms with E-state index < -0.39 is 0 Å². The number of phenols is 1. The lowest BCUT2D eigenvalue weighted by molar-refractivity contribution is 0.468. The van der Waals surface area contributed by atoms with Gasteiger partial charge in [-0.3, -0.25) is 4.57 Å². The first kappa shape index (κ1) is 15.3. The summed E-state index contributed by atoms with van der Waals surface area (Å²) in [5, 5.41) is 19.6. The maximum absolute atomic E-state index is 10.1. The minimum atomic E-state index is 0.301. The van der Waals surface area contributed by atoms with Crippen LogP contribution in [-0.2, 0) is 6.42 Å². The van der Waals surface area contributed by atoms with Crippen LogP contribution in [0, 0.1) is 6.92 Å². The van der Waals surface area contributed by atoms with Crippen LogP contribution in [0.1, 0.15) is 18.1 Å². The van der Waals surface area contributed by atoms with Gasteiger partial charge in [-0.25, -0.2) is 0 Å². The van der Waals surface area contributed by atoms with E-state index in [1.165, 1.54) is 0 Å². The molecular formula is C19H19N5O. The molecule has 6 nitrogen and oxygen atoms in total. The number of H-pyrrole nitrogens is 1. The van der Waals surface area contributed by atoms with Gasteiger partial charge in [0.1, 0.15) is 5.75 Å². The van der Waals surface area contributed by atoms with E-state index in [0.29, 0.717) is 17.5 Å². The Morgan fingerprint density at radius 1 is 1.20 bits per heavy atom. The predicted octanol–water partition coefficient (Wildman–Crippen LogP) is 3.57. The third-order valence-corrected chi connectivity index (χ3v) is 4.55. The summed E-state index contributed by atoms with van der Waals surface area (Å²) in [6.07, 6.45) is 2.63. The van der Waals surface area contributed by atoms with Crippen molar-refractivity contribution >= 4 is 16.9 Å². The number of fused-ring (bicyclic) bond motifs is 1. The number of aromatic nitrogens is 4. The van der Waals surface area contributed by atoms with Crippen molar-refractivity contribution in [3.63, 3.8) is 0 Å². The molecule has 0 atom stereocenters. The van der Waals surface area contributed by atoms with E-state index in [-0.39, 0.29) is 0 Å². The van der Waals surface area contributed by atoms with Crippen LogP contribution in [0.15, 0.2) is 42.6 Å². The molecule has 0 amide bonds. The summed E-state index contributed by atoms with van der Waals surface area (Å²) in [6, 6.07) is 11.7. The molecule has 6 heteroatoms. The zero-order chi connectivity index (χ0) is 17.6. The van der Waals surface area contributed by atoms with Crippen molar-refractivity contribution < 1.29 is 5.11 Å². The van der Waals surface area contributed by atoms with Crippen LogP contribution in [0.3, 0.4) is 0 Å². The SMILES string of the molecule is CCc1cc(-c2nnc(N)n2-c2cccc3[nH]ccc23)c(C)cc1O. The first-order chi connectivity index (χ1) is 12.1. The molecule has 0 aliphatic rings. The molecule has 0 fully saturated rings. The van der Waals surface area contributed by atoms with E-state index in [0.717, 1.165) is 39.7 Å². The highest BCUT2D eigenvalue weighted by atomic mass is 16.3. The lowest BCUT2D eigenvalue weighted by Crippen LogP contribution is -2.04. The molecule has 4 rings (SSSR count). The van der Waals surface area contributed by atoms with Crippen LogP contribution < -0.4 is 5.73 Å². The first-order valence-corrected chi connectivity index (χ1v) is 8.20. The minimum Gasteiger partial charge on any atom is -0.508 e. The number of nitrogens with zero attached hydrogens (tertiary/aromatic N) is 3. The van der Waals surface area contributed by atoms with Gasteiger partial charge in [0.15, 0.2) is 5.82 Å². The quantitative estimate of drug-likeness (QED) is 0.534. The Kier molecular flexibility index (Phi) is 3.46. The van der Waals surface area contributed by atoms with Crippen molar-refractivity contribution in [2.45, 2.75) is 20.3 Å². The molecule has 4 aromatic rings. The van der Waals surface area contributed by atoms with Gasteiger partial charge < -0.3 is 15.8 Å². The average molecular weight is 333 g/mol. The number of aromatic amines is 1. The summed E-state index contributed by atoms with van der Waals surface area (Å²) >= 11 is 0. The zero-order valence-electron chi connectivity index (χ0n) is 14.1. The van der Waals surface area contributed by atoms with Crippen molar-refractivity contribution in [2.24, 2.45) is 0 Å². The zero-order valence-corrected chi connectivity index (χ0v) is 14.1. The summed E-state index contributed by atoms with van der Waals surface area (Å²) < 4.78 is 1.86. The van der Waals surface area contributed by atoms with Crippen LogP contribution in [0.5, 0.6) is 5.75 Å². The number of nitrogens with two attached hydrogens (primary N) is 1. The molecule has 0 unspecified atom stereocenters. The van der Waals surface area contributed by atoms with Crippen molar-refractivity contribution in [3.05, 3.63) is 53.7 Å². The number of nitrogens with one attached hydrogen (secondary N) is 1. The molecule has 0 aliphatic carbocycles. The largest absolute Gasteiger partial charge is 0.508 e. The fourth-order valence-electron chi connectivity index (χ4n) is 3.23. The Morgan fingerprint density at radius 2 is 2.04 bits per heavy atom. The summed E-state index contributed by atoms with van der Waals surface area (Å²) in [7, 11) is 0. The van der Waals surface area contributed by atoms with Gasteiger partial charge in [-0.1, -0.05) is 13.0 Å². The molecule has 4 N–H and O–H groups in total. The highest BCUT2D eigenvalue weighted by Crippen LogP contribution is 2.33. The van der Waals surface area contributed by atoms with Crippen LogP contribution in [0.2, 0.25) is 0 Å². The Hall–Kier alpha value is -3.28. The summed E-state index contributed by atoms with van der Waals surface area (Å²) in [4.78, 5) is 3.21. The van der Waals surface area contributed by atoms with Crippen molar-refractivity contribution in [1.29, 1.82) is 0 Å². The van der Waals surface area contributed by atoms with Gasteiger partial charge in [-0.05, 0) is 54.8 Å². The Labute approximate surface area is 144 Å². The standard InChI is InChI=1S/C19H19N5O/c1-3-12-10-14(11(2)9-17(12)25)18-22-23-19(20)24(18)16-6-4-5-15-13(16)7-8-21-15/h4-10,21,25H,3H2,1-2H3,(H2,20,23). The second-order valence-corrected chi connectivity index (χ2v) is 6.08. The van der Waals surface area contributed by atoms with Crippen LogP contribution in [0.25, 0.3) is 28.0 Å². The maximum Gasteiger partial charge on any atom is 0.226 e. The fraction of sp³-hybridized carbons (Fsp3) is 0.158. The van der Waals surface area contributed by atoms with E-state index >= 15 is 0 Å². The number of aryl methyl sites for hydroxylation is 2. The first-order valence-electron chi connectivity index (χ1n) is 8.20. The molecule has 0 bridgehead atoms. The number of anilines is 1. The molecule has 25 heavy (non-hydrogen) atoms. The van der Waals surface area contributed by atoms with Crippen LogP contribution >= 0.6 is 0 Å². The molecule has 0 spiro atoms. The third kappa shape index (κ3) is 2.34. The Balaban J connectivity index is 2.00. The van der Waals surface area contributed by atoms with Gasteiger partial charge in [0.05, 0.1) is 5.69 Å². The monoisotopic (exact) mass is 333 g/mol. The molecular weight excluding hydrogens is 314 g/mol. The molecule has 0 saturated heterocycles. The molecule has 126 valence electrons. The van der Waals surface area contributed by atoms with Gasteiger partial charge >= 0.3 is 0 Å². The van der Waals surface area contributed by atoms with Crippen molar-refractivity contribution in [3.8, 4) is 22.8 Å². The van der Waals surface area contributed by atoms with E-state index in [4.69, 9.17) is 5.73 Å². The lowest BCUT2D eigenvalue weighted by Gasteiger charge is -2.13. The number of hydrogen-bond acceptors (Lipinski definition) is 4. The Bertz CT molecular complexity index is 1080. The summed E-state index contributed by atoms with van der Waals surface area (Å²) in [5.74, 6) is 1.29. The smallest absolute Gasteiger partial charge is 0.226 e. The van der Waals surface area contributed by atoms with Crippen molar-refractivity contribution in [2.75, 3.05) is 5.73 Å².